The zero-order chi connectivity index (χ0) is 17.7. The third-order valence-corrected chi connectivity index (χ3v) is 4.25. The number of nitrogens with zero attached hydrogens (tertiary/aromatic N) is 1. The second-order valence-corrected chi connectivity index (χ2v) is 5.91. The lowest BCUT2D eigenvalue weighted by molar-refractivity contribution is -0.142. The molecule has 0 unspecified atom stereocenters. The smallest absolute Gasteiger partial charge is 0.320 e. The highest BCUT2D eigenvalue weighted by Gasteiger charge is 2.31. The number of aromatic hydroxyl groups is 2. The zero-order valence-corrected chi connectivity index (χ0v) is 13.2. The van der Waals surface area contributed by atoms with Gasteiger partial charge in [-0.3, -0.25) is 14.5 Å². The van der Waals surface area contributed by atoms with Crippen molar-refractivity contribution < 1.29 is 30.0 Å². The zero-order valence-electron chi connectivity index (χ0n) is 13.2. The van der Waals surface area contributed by atoms with Gasteiger partial charge in [0, 0.05) is 18.7 Å². The number of carboxylic acids is 2. The molecule has 8 heteroatoms. The summed E-state index contributed by atoms with van der Waals surface area (Å²) in [5, 5.41) is 40.4. The molecule has 1 heterocycles. The number of phenolic OH excluding ortho intramolecular Hbond substituents is 2. The highest BCUT2D eigenvalue weighted by atomic mass is 16.4. The Morgan fingerprint density at radius 3 is 2.71 bits per heavy atom. The lowest BCUT2D eigenvalue weighted by Crippen LogP contribution is -2.42. The van der Waals surface area contributed by atoms with Crippen LogP contribution in [0.15, 0.2) is 18.2 Å². The van der Waals surface area contributed by atoms with Gasteiger partial charge in [0.15, 0.2) is 0 Å². The van der Waals surface area contributed by atoms with Crippen LogP contribution in [0.25, 0.3) is 0 Å². The minimum absolute atomic E-state index is 0.0159. The summed E-state index contributed by atoms with van der Waals surface area (Å²) < 4.78 is 0. The fraction of sp³-hybridized carbons (Fsp3) is 0.500. The van der Waals surface area contributed by atoms with Gasteiger partial charge in [-0.25, -0.2) is 0 Å². The lowest BCUT2D eigenvalue weighted by Gasteiger charge is -2.23. The third-order valence-electron chi connectivity index (χ3n) is 4.25. The van der Waals surface area contributed by atoms with Gasteiger partial charge in [-0.05, 0) is 44.0 Å². The molecule has 1 aromatic rings. The van der Waals surface area contributed by atoms with E-state index in [1.165, 1.54) is 18.2 Å². The van der Waals surface area contributed by atoms with Gasteiger partial charge in [0.05, 0.1) is 0 Å². The lowest BCUT2D eigenvalue weighted by atomic mass is 10.1. The van der Waals surface area contributed by atoms with E-state index in [2.05, 4.69) is 5.32 Å². The molecule has 24 heavy (non-hydrogen) atoms. The van der Waals surface area contributed by atoms with E-state index in [0.29, 0.717) is 25.1 Å². The van der Waals surface area contributed by atoms with Gasteiger partial charge in [-0.1, -0.05) is 0 Å². The number of benzene rings is 1. The summed E-state index contributed by atoms with van der Waals surface area (Å²) in [5.74, 6) is -1.97. The van der Waals surface area contributed by atoms with Gasteiger partial charge in [0.25, 0.3) is 0 Å². The average molecular weight is 338 g/mol. The monoisotopic (exact) mass is 338 g/mol. The van der Waals surface area contributed by atoms with Crippen LogP contribution in [0.2, 0.25) is 0 Å². The van der Waals surface area contributed by atoms with Crippen molar-refractivity contribution in [3.8, 4) is 11.5 Å². The summed E-state index contributed by atoms with van der Waals surface area (Å²) in [6, 6.07) is 2.62. The predicted octanol–water partition coefficient (Wildman–Crippen LogP) is 0.580. The van der Waals surface area contributed by atoms with Crippen molar-refractivity contribution in [1.29, 1.82) is 0 Å². The van der Waals surface area contributed by atoms with Crippen LogP contribution < -0.4 is 5.32 Å². The molecule has 0 aliphatic carbocycles. The normalized spacial score (nSPS) is 19.2. The van der Waals surface area contributed by atoms with Crippen LogP contribution in [0, 0.1) is 0 Å². The first-order chi connectivity index (χ1) is 11.4. The maximum absolute atomic E-state index is 11.4. The highest BCUT2D eigenvalue weighted by Crippen LogP contribution is 2.22. The van der Waals surface area contributed by atoms with Crippen LogP contribution in [0.4, 0.5) is 0 Å². The predicted molar refractivity (Wildman–Crippen MR) is 84.9 cm³/mol. The quantitative estimate of drug-likeness (QED) is 0.435. The number of hydrogen-bond donors (Lipinski definition) is 5. The molecule has 0 radical (unpaired) electrons. The van der Waals surface area contributed by atoms with Crippen LogP contribution in [0.5, 0.6) is 11.5 Å². The first-order valence-electron chi connectivity index (χ1n) is 7.82. The maximum atomic E-state index is 11.4. The van der Waals surface area contributed by atoms with E-state index in [-0.39, 0.29) is 24.5 Å². The Balaban J connectivity index is 1.91. The molecule has 5 N–H and O–H groups in total. The second kappa shape index (κ2) is 7.98. The van der Waals surface area contributed by atoms with E-state index in [0.717, 1.165) is 6.42 Å². The summed E-state index contributed by atoms with van der Waals surface area (Å²) in [7, 11) is 0. The molecule has 1 aliphatic heterocycles. The minimum Gasteiger partial charge on any atom is -0.508 e. The van der Waals surface area contributed by atoms with E-state index in [9.17, 15) is 24.9 Å². The molecule has 1 aliphatic rings. The van der Waals surface area contributed by atoms with E-state index in [1.54, 1.807) is 4.90 Å². The van der Waals surface area contributed by atoms with Crippen molar-refractivity contribution >= 4 is 11.9 Å². The number of phenols is 2. The Bertz CT molecular complexity index is 606. The summed E-state index contributed by atoms with van der Waals surface area (Å²) in [6.07, 6.45) is 1.62. The largest absolute Gasteiger partial charge is 0.508 e. The molecule has 2 atom stereocenters. The molecular formula is C16H22N2O6. The molecule has 0 amide bonds. The molecule has 0 bridgehead atoms. The number of hydrogen-bond acceptors (Lipinski definition) is 6. The molecule has 8 nitrogen and oxygen atoms in total. The van der Waals surface area contributed by atoms with E-state index in [1.807, 2.05) is 0 Å². The summed E-state index contributed by atoms with van der Waals surface area (Å²) in [6.45, 7) is 1.10. The maximum Gasteiger partial charge on any atom is 0.320 e. The SMILES string of the molecule is O=C(O)[C@H](CCN1CCC[C@H]1C(=O)O)NCc1cc(O)ccc1O. The Hall–Kier alpha value is -2.32. The number of aliphatic carboxylic acids is 2. The average Bonchev–Trinajstić information content (AvgIpc) is 2.98. The van der Waals surface area contributed by atoms with Crippen molar-refractivity contribution in [3.05, 3.63) is 23.8 Å². The molecular weight excluding hydrogens is 316 g/mol. The van der Waals surface area contributed by atoms with Crippen LogP contribution in [-0.4, -0.2) is 62.4 Å². The summed E-state index contributed by atoms with van der Waals surface area (Å²) in [5.41, 5.74) is 0.394. The van der Waals surface area contributed by atoms with Crippen molar-refractivity contribution in [3.63, 3.8) is 0 Å². The molecule has 132 valence electrons. The number of rotatable bonds is 8. The number of nitrogens with one attached hydrogen (secondary N) is 1. The van der Waals surface area contributed by atoms with Gasteiger partial charge in [-0.15, -0.1) is 0 Å². The van der Waals surface area contributed by atoms with Crippen molar-refractivity contribution in [1.82, 2.24) is 10.2 Å². The Morgan fingerprint density at radius 1 is 1.29 bits per heavy atom. The van der Waals surface area contributed by atoms with Crippen LogP contribution >= 0.6 is 0 Å². The first kappa shape index (κ1) is 18.0. The Kier molecular flexibility index (Phi) is 5.99. The molecule has 1 aromatic carbocycles. The Morgan fingerprint density at radius 2 is 2.04 bits per heavy atom. The topological polar surface area (TPSA) is 130 Å². The molecule has 1 saturated heterocycles. The van der Waals surface area contributed by atoms with Crippen molar-refractivity contribution in [2.45, 2.75) is 37.9 Å². The minimum atomic E-state index is -1.04. The fourth-order valence-electron chi connectivity index (χ4n) is 2.93. The van der Waals surface area contributed by atoms with Crippen LogP contribution in [0.3, 0.4) is 0 Å². The highest BCUT2D eigenvalue weighted by molar-refractivity contribution is 5.74. The molecule has 0 aromatic heterocycles. The van der Waals surface area contributed by atoms with Gasteiger partial charge in [-0.2, -0.15) is 0 Å². The van der Waals surface area contributed by atoms with Gasteiger partial charge < -0.3 is 25.7 Å². The van der Waals surface area contributed by atoms with Crippen LogP contribution in [-0.2, 0) is 16.1 Å². The molecule has 0 saturated carbocycles. The van der Waals surface area contributed by atoms with Crippen molar-refractivity contribution in [2.24, 2.45) is 0 Å². The van der Waals surface area contributed by atoms with E-state index in [4.69, 9.17) is 5.11 Å². The Labute approximate surface area is 139 Å². The van der Waals surface area contributed by atoms with Gasteiger partial charge >= 0.3 is 11.9 Å². The molecule has 0 spiro atoms. The van der Waals surface area contributed by atoms with E-state index >= 15 is 0 Å². The third kappa shape index (κ3) is 4.59. The summed E-state index contributed by atoms with van der Waals surface area (Å²) in [4.78, 5) is 24.3. The fourth-order valence-corrected chi connectivity index (χ4v) is 2.93. The summed E-state index contributed by atoms with van der Waals surface area (Å²) >= 11 is 0. The van der Waals surface area contributed by atoms with E-state index < -0.39 is 24.0 Å². The number of likely N-dealkylation sites (tertiary alicyclic amines) is 1. The molecule has 2 rings (SSSR count). The first-order valence-corrected chi connectivity index (χ1v) is 7.82. The molecule has 1 fully saturated rings. The van der Waals surface area contributed by atoms with Crippen molar-refractivity contribution in [2.75, 3.05) is 13.1 Å². The standard InChI is InChI=1S/C16H22N2O6/c19-11-3-4-14(20)10(8-11)9-17-12(15(21)22)5-7-18-6-1-2-13(18)16(23)24/h3-4,8,12-13,17,19-20H,1-2,5-7,9H2,(H,21,22)(H,23,24)/t12-,13-/m0/s1. The van der Waals surface area contributed by atoms with Gasteiger partial charge in [0.2, 0.25) is 0 Å². The van der Waals surface area contributed by atoms with Crippen LogP contribution in [0.1, 0.15) is 24.8 Å². The number of carboxylic acid groups (broad SMARTS) is 2. The number of carbonyl (C=O) groups is 2. The second-order valence-electron chi connectivity index (χ2n) is 5.91. The van der Waals surface area contributed by atoms with Gasteiger partial charge in [0.1, 0.15) is 23.6 Å².